The molecule has 0 aliphatic rings. The molecule has 0 aliphatic heterocycles. The summed E-state index contributed by atoms with van der Waals surface area (Å²) < 4.78 is 10.3. The van der Waals surface area contributed by atoms with Crippen LogP contribution < -0.4 is 4.74 Å². The molecular formula is C19H20O3. The van der Waals surface area contributed by atoms with Gasteiger partial charge in [-0.25, -0.2) is 4.79 Å². The first-order valence-corrected chi connectivity index (χ1v) is 7.28. The first-order valence-electron chi connectivity index (χ1n) is 7.28. The minimum Gasteiger partial charge on any atom is -0.489 e. The van der Waals surface area contributed by atoms with E-state index in [0.717, 1.165) is 24.2 Å². The van der Waals surface area contributed by atoms with Crippen molar-refractivity contribution in [2.45, 2.75) is 19.4 Å². The van der Waals surface area contributed by atoms with Gasteiger partial charge in [0.1, 0.15) is 12.4 Å². The highest BCUT2D eigenvalue weighted by atomic mass is 16.5. The van der Waals surface area contributed by atoms with Gasteiger partial charge in [-0.3, -0.25) is 0 Å². The van der Waals surface area contributed by atoms with Crippen molar-refractivity contribution >= 4 is 5.97 Å². The van der Waals surface area contributed by atoms with Crippen LogP contribution in [0.2, 0.25) is 0 Å². The second kappa shape index (κ2) is 8.67. The third-order valence-electron chi connectivity index (χ3n) is 3.23. The highest BCUT2D eigenvalue weighted by molar-refractivity contribution is 5.81. The fourth-order valence-electron chi connectivity index (χ4n) is 1.99. The van der Waals surface area contributed by atoms with Crippen LogP contribution in [0.15, 0.2) is 66.7 Å². The number of carbonyl (C=O) groups excluding carboxylic acids is 1. The summed E-state index contributed by atoms with van der Waals surface area (Å²) in [7, 11) is 1.38. The van der Waals surface area contributed by atoms with Crippen LogP contribution in [0.5, 0.6) is 5.75 Å². The fourth-order valence-corrected chi connectivity index (χ4v) is 1.99. The molecule has 0 saturated heterocycles. The summed E-state index contributed by atoms with van der Waals surface area (Å²) in [5.41, 5.74) is 2.36. The average molecular weight is 296 g/mol. The standard InChI is InChI=1S/C19H20O3/c1-21-19(20)10-6-5-7-16-11-13-18(14-12-16)22-15-17-8-3-2-4-9-17/h2-4,6,8-14H,5,7,15H2,1H3/b10-6+. The molecule has 22 heavy (non-hydrogen) atoms. The third-order valence-corrected chi connectivity index (χ3v) is 3.23. The molecule has 0 atom stereocenters. The lowest BCUT2D eigenvalue weighted by molar-refractivity contribution is -0.134. The zero-order valence-corrected chi connectivity index (χ0v) is 12.7. The van der Waals surface area contributed by atoms with E-state index in [0.29, 0.717) is 6.61 Å². The van der Waals surface area contributed by atoms with Gasteiger partial charge in [-0.15, -0.1) is 0 Å². The summed E-state index contributed by atoms with van der Waals surface area (Å²) in [5.74, 6) is 0.544. The Hall–Kier alpha value is -2.55. The van der Waals surface area contributed by atoms with E-state index in [1.165, 1.54) is 18.7 Å². The van der Waals surface area contributed by atoms with Crippen LogP contribution in [0.25, 0.3) is 0 Å². The van der Waals surface area contributed by atoms with E-state index < -0.39 is 0 Å². The maximum atomic E-state index is 10.9. The lowest BCUT2D eigenvalue weighted by Crippen LogP contribution is -1.95. The Balaban J connectivity index is 1.78. The Bertz CT molecular complexity index is 600. The van der Waals surface area contributed by atoms with Crippen LogP contribution in [-0.4, -0.2) is 13.1 Å². The summed E-state index contributed by atoms with van der Waals surface area (Å²) in [5, 5.41) is 0. The van der Waals surface area contributed by atoms with Crippen molar-refractivity contribution in [3.63, 3.8) is 0 Å². The summed E-state index contributed by atoms with van der Waals surface area (Å²) in [4.78, 5) is 10.9. The Kier molecular flexibility index (Phi) is 6.24. The Morgan fingerprint density at radius 1 is 1.00 bits per heavy atom. The fraction of sp³-hybridized carbons (Fsp3) is 0.211. The molecule has 2 aromatic carbocycles. The van der Waals surface area contributed by atoms with E-state index in [1.54, 1.807) is 0 Å². The zero-order valence-electron chi connectivity index (χ0n) is 12.7. The van der Waals surface area contributed by atoms with Crippen LogP contribution in [0.4, 0.5) is 0 Å². The summed E-state index contributed by atoms with van der Waals surface area (Å²) in [6, 6.07) is 18.1. The topological polar surface area (TPSA) is 35.5 Å². The van der Waals surface area contributed by atoms with Gasteiger partial charge in [-0.1, -0.05) is 48.5 Å². The smallest absolute Gasteiger partial charge is 0.330 e. The molecular weight excluding hydrogens is 276 g/mol. The SMILES string of the molecule is COC(=O)/C=C/CCc1ccc(OCc2ccccc2)cc1. The van der Waals surface area contributed by atoms with Crippen LogP contribution >= 0.6 is 0 Å². The van der Waals surface area contributed by atoms with Crippen molar-refractivity contribution in [3.8, 4) is 5.75 Å². The Labute approximate surface area is 131 Å². The molecule has 0 bridgehead atoms. The molecule has 0 radical (unpaired) electrons. The van der Waals surface area contributed by atoms with Crippen molar-refractivity contribution in [1.82, 2.24) is 0 Å². The van der Waals surface area contributed by atoms with Crippen LogP contribution in [-0.2, 0) is 22.6 Å². The van der Waals surface area contributed by atoms with Crippen molar-refractivity contribution in [2.24, 2.45) is 0 Å². The second-order valence-corrected chi connectivity index (χ2v) is 4.88. The second-order valence-electron chi connectivity index (χ2n) is 4.88. The number of carbonyl (C=O) groups is 1. The van der Waals surface area contributed by atoms with E-state index in [-0.39, 0.29) is 5.97 Å². The molecule has 0 aliphatic carbocycles. The Morgan fingerprint density at radius 2 is 1.73 bits per heavy atom. The number of methoxy groups -OCH3 is 1. The van der Waals surface area contributed by atoms with Gasteiger partial charge in [-0.2, -0.15) is 0 Å². The number of benzene rings is 2. The molecule has 0 heterocycles. The summed E-state index contributed by atoms with van der Waals surface area (Å²) >= 11 is 0. The number of ether oxygens (including phenoxy) is 2. The van der Waals surface area contributed by atoms with Crippen molar-refractivity contribution in [1.29, 1.82) is 0 Å². The van der Waals surface area contributed by atoms with Gasteiger partial charge >= 0.3 is 5.97 Å². The van der Waals surface area contributed by atoms with E-state index in [9.17, 15) is 4.79 Å². The number of hydrogen-bond acceptors (Lipinski definition) is 3. The monoisotopic (exact) mass is 296 g/mol. The number of allylic oxidation sites excluding steroid dienone is 1. The molecule has 3 heteroatoms. The van der Waals surface area contributed by atoms with E-state index in [4.69, 9.17) is 4.74 Å². The average Bonchev–Trinajstić information content (AvgIpc) is 2.58. The van der Waals surface area contributed by atoms with Crippen molar-refractivity contribution in [3.05, 3.63) is 77.9 Å². The van der Waals surface area contributed by atoms with E-state index in [2.05, 4.69) is 4.74 Å². The lowest BCUT2D eigenvalue weighted by Gasteiger charge is -2.07. The van der Waals surface area contributed by atoms with Crippen LogP contribution in [0.3, 0.4) is 0 Å². The zero-order chi connectivity index (χ0) is 15.6. The van der Waals surface area contributed by atoms with Gasteiger partial charge in [0.15, 0.2) is 0 Å². The molecule has 0 amide bonds. The first kappa shape index (κ1) is 15.8. The van der Waals surface area contributed by atoms with E-state index in [1.807, 2.05) is 60.7 Å². The highest BCUT2D eigenvalue weighted by Crippen LogP contribution is 2.15. The lowest BCUT2D eigenvalue weighted by atomic mass is 10.1. The van der Waals surface area contributed by atoms with Gasteiger partial charge in [0.25, 0.3) is 0 Å². The molecule has 3 nitrogen and oxygen atoms in total. The Morgan fingerprint density at radius 3 is 2.41 bits per heavy atom. The summed E-state index contributed by atoms with van der Waals surface area (Å²) in [6.07, 6.45) is 4.97. The minimum absolute atomic E-state index is 0.315. The van der Waals surface area contributed by atoms with E-state index >= 15 is 0 Å². The van der Waals surface area contributed by atoms with Gasteiger partial charge in [0.05, 0.1) is 7.11 Å². The quantitative estimate of drug-likeness (QED) is 0.573. The van der Waals surface area contributed by atoms with Crippen molar-refractivity contribution < 1.29 is 14.3 Å². The molecule has 0 spiro atoms. The largest absolute Gasteiger partial charge is 0.489 e. The minimum atomic E-state index is -0.315. The molecule has 0 fully saturated rings. The number of esters is 1. The molecule has 0 saturated carbocycles. The molecule has 0 aromatic heterocycles. The molecule has 0 unspecified atom stereocenters. The van der Waals surface area contributed by atoms with Crippen LogP contribution in [0, 0.1) is 0 Å². The highest BCUT2D eigenvalue weighted by Gasteiger charge is 1.97. The van der Waals surface area contributed by atoms with Crippen LogP contribution in [0.1, 0.15) is 17.5 Å². The number of hydrogen-bond donors (Lipinski definition) is 0. The van der Waals surface area contributed by atoms with Gasteiger partial charge in [-0.05, 0) is 36.1 Å². The molecule has 2 aromatic rings. The predicted molar refractivity (Wildman–Crippen MR) is 86.7 cm³/mol. The third kappa shape index (κ3) is 5.44. The first-order chi connectivity index (χ1) is 10.8. The number of rotatable bonds is 7. The van der Waals surface area contributed by atoms with Gasteiger partial charge in [0, 0.05) is 6.08 Å². The van der Waals surface area contributed by atoms with Gasteiger partial charge in [0.2, 0.25) is 0 Å². The van der Waals surface area contributed by atoms with Gasteiger partial charge < -0.3 is 9.47 Å². The molecule has 114 valence electrons. The maximum Gasteiger partial charge on any atom is 0.330 e. The predicted octanol–water partition coefficient (Wildman–Crippen LogP) is 3.93. The van der Waals surface area contributed by atoms with Crippen molar-refractivity contribution in [2.75, 3.05) is 7.11 Å². The summed E-state index contributed by atoms with van der Waals surface area (Å²) in [6.45, 7) is 0.571. The molecule has 0 N–H and O–H groups in total. The maximum absolute atomic E-state index is 10.9. The molecule has 2 rings (SSSR count). The normalized spacial score (nSPS) is 10.6. The number of aryl methyl sites for hydroxylation is 1.